The van der Waals surface area contributed by atoms with E-state index >= 15 is 0 Å². The molecule has 70 valence electrons. The topological polar surface area (TPSA) is 35.2 Å². The molecule has 0 aliphatic heterocycles. The number of hydrogen-bond donors (Lipinski definition) is 1. The van der Waals surface area contributed by atoms with E-state index in [2.05, 4.69) is 15.9 Å². The molecule has 0 amide bonds. The Hall–Kier alpha value is -0.800. The third-order valence-electron chi connectivity index (χ3n) is 1.62. The molecular weight excluding hydrogens is 230 g/mol. The summed E-state index contributed by atoms with van der Waals surface area (Å²) in [6, 6.07) is 5.91. The Labute approximate surface area is 86.5 Å². The first-order valence-corrected chi connectivity index (χ1v) is 4.77. The summed E-state index contributed by atoms with van der Waals surface area (Å²) in [7, 11) is 1.65. The molecule has 1 rings (SSSR count). The second-order valence-corrected chi connectivity index (χ2v) is 3.39. The molecule has 0 spiro atoms. The third kappa shape index (κ3) is 2.86. The molecule has 0 aliphatic rings. The summed E-state index contributed by atoms with van der Waals surface area (Å²) in [6.45, 7) is 0.554. The van der Waals surface area contributed by atoms with E-state index in [0.717, 1.165) is 15.8 Å². The maximum atomic E-state index is 5.35. The SMILES string of the molecule is COc1cc(/C=C/CN)ccc1Br. The Bertz CT molecular complexity index is 310. The Morgan fingerprint density at radius 1 is 1.54 bits per heavy atom. The van der Waals surface area contributed by atoms with Crippen molar-refractivity contribution in [3.63, 3.8) is 0 Å². The van der Waals surface area contributed by atoms with Gasteiger partial charge in [-0.15, -0.1) is 0 Å². The first kappa shape index (κ1) is 10.3. The summed E-state index contributed by atoms with van der Waals surface area (Å²) in [5, 5.41) is 0. The molecule has 3 heteroatoms. The fourth-order valence-electron chi connectivity index (χ4n) is 0.984. The molecule has 0 unspecified atom stereocenters. The lowest BCUT2D eigenvalue weighted by Gasteiger charge is -2.03. The number of halogens is 1. The predicted molar refractivity (Wildman–Crippen MR) is 58.8 cm³/mol. The van der Waals surface area contributed by atoms with Gasteiger partial charge in [-0.3, -0.25) is 0 Å². The van der Waals surface area contributed by atoms with Crippen molar-refractivity contribution in [2.24, 2.45) is 5.73 Å². The second-order valence-electron chi connectivity index (χ2n) is 2.53. The molecule has 0 fully saturated rings. The van der Waals surface area contributed by atoms with Crippen LogP contribution in [0.5, 0.6) is 5.75 Å². The monoisotopic (exact) mass is 241 g/mol. The highest BCUT2D eigenvalue weighted by Gasteiger charge is 1.98. The maximum absolute atomic E-state index is 5.35. The van der Waals surface area contributed by atoms with Gasteiger partial charge in [-0.2, -0.15) is 0 Å². The van der Waals surface area contributed by atoms with Crippen molar-refractivity contribution >= 4 is 22.0 Å². The minimum atomic E-state index is 0.554. The molecule has 0 aromatic heterocycles. The van der Waals surface area contributed by atoms with Crippen LogP contribution in [-0.2, 0) is 0 Å². The van der Waals surface area contributed by atoms with Crippen LogP contribution in [-0.4, -0.2) is 13.7 Å². The number of methoxy groups -OCH3 is 1. The number of benzene rings is 1. The predicted octanol–water partition coefficient (Wildman–Crippen LogP) is 2.43. The van der Waals surface area contributed by atoms with Crippen LogP contribution in [0.1, 0.15) is 5.56 Å². The quantitative estimate of drug-likeness (QED) is 0.883. The Morgan fingerprint density at radius 2 is 2.31 bits per heavy atom. The van der Waals surface area contributed by atoms with Crippen molar-refractivity contribution in [2.75, 3.05) is 13.7 Å². The van der Waals surface area contributed by atoms with Crippen LogP contribution in [0.2, 0.25) is 0 Å². The molecule has 0 heterocycles. The third-order valence-corrected chi connectivity index (χ3v) is 2.28. The van der Waals surface area contributed by atoms with E-state index in [0.29, 0.717) is 6.54 Å². The Balaban J connectivity index is 2.92. The zero-order valence-corrected chi connectivity index (χ0v) is 9.04. The second kappa shape index (κ2) is 5.04. The van der Waals surface area contributed by atoms with E-state index in [1.54, 1.807) is 7.11 Å². The van der Waals surface area contributed by atoms with Crippen LogP contribution in [0.4, 0.5) is 0 Å². The lowest BCUT2D eigenvalue weighted by Crippen LogP contribution is -1.92. The zero-order valence-electron chi connectivity index (χ0n) is 7.46. The molecule has 2 nitrogen and oxygen atoms in total. The van der Waals surface area contributed by atoms with Crippen LogP contribution in [0.25, 0.3) is 6.08 Å². The van der Waals surface area contributed by atoms with Gasteiger partial charge in [-0.05, 0) is 33.6 Å². The van der Waals surface area contributed by atoms with Crippen molar-refractivity contribution in [3.8, 4) is 5.75 Å². The van der Waals surface area contributed by atoms with Gasteiger partial charge in [-0.25, -0.2) is 0 Å². The fourth-order valence-corrected chi connectivity index (χ4v) is 1.39. The highest BCUT2D eigenvalue weighted by atomic mass is 79.9. The van der Waals surface area contributed by atoms with Crippen LogP contribution >= 0.6 is 15.9 Å². The molecular formula is C10H12BrNO. The van der Waals surface area contributed by atoms with E-state index < -0.39 is 0 Å². The standard InChI is InChI=1S/C10H12BrNO/c1-13-10-7-8(3-2-6-12)4-5-9(10)11/h2-5,7H,6,12H2,1H3/b3-2+. The molecule has 0 atom stereocenters. The first-order chi connectivity index (χ1) is 6.27. The van der Waals surface area contributed by atoms with Crippen molar-refractivity contribution in [3.05, 3.63) is 34.3 Å². The number of ether oxygens (including phenoxy) is 1. The van der Waals surface area contributed by atoms with Crippen molar-refractivity contribution in [1.82, 2.24) is 0 Å². The Kier molecular flexibility index (Phi) is 3.99. The van der Waals surface area contributed by atoms with Gasteiger partial charge in [0.05, 0.1) is 11.6 Å². The lowest BCUT2D eigenvalue weighted by molar-refractivity contribution is 0.412. The van der Waals surface area contributed by atoms with Gasteiger partial charge in [0.15, 0.2) is 0 Å². The van der Waals surface area contributed by atoms with Crippen LogP contribution in [0.15, 0.2) is 28.7 Å². The summed E-state index contributed by atoms with van der Waals surface area (Å²) in [5.41, 5.74) is 6.44. The van der Waals surface area contributed by atoms with Gasteiger partial charge in [0.25, 0.3) is 0 Å². The fraction of sp³-hybridized carbons (Fsp3) is 0.200. The smallest absolute Gasteiger partial charge is 0.133 e. The minimum Gasteiger partial charge on any atom is -0.496 e. The lowest BCUT2D eigenvalue weighted by atomic mass is 10.2. The van der Waals surface area contributed by atoms with Crippen molar-refractivity contribution < 1.29 is 4.74 Å². The van der Waals surface area contributed by atoms with Gasteiger partial charge in [0.2, 0.25) is 0 Å². The average Bonchev–Trinajstić information content (AvgIpc) is 2.16. The van der Waals surface area contributed by atoms with E-state index in [4.69, 9.17) is 10.5 Å². The van der Waals surface area contributed by atoms with Gasteiger partial charge in [-0.1, -0.05) is 18.2 Å². The van der Waals surface area contributed by atoms with E-state index in [9.17, 15) is 0 Å². The molecule has 0 radical (unpaired) electrons. The molecule has 2 N–H and O–H groups in total. The highest BCUT2D eigenvalue weighted by molar-refractivity contribution is 9.10. The average molecular weight is 242 g/mol. The van der Waals surface area contributed by atoms with Gasteiger partial charge in [0.1, 0.15) is 5.75 Å². The van der Waals surface area contributed by atoms with Gasteiger partial charge in [0, 0.05) is 6.54 Å². The highest BCUT2D eigenvalue weighted by Crippen LogP contribution is 2.25. The number of nitrogens with two attached hydrogens (primary N) is 1. The summed E-state index contributed by atoms with van der Waals surface area (Å²) in [5.74, 6) is 0.833. The van der Waals surface area contributed by atoms with Gasteiger partial charge >= 0.3 is 0 Å². The largest absolute Gasteiger partial charge is 0.496 e. The van der Waals surface area contributed by atoms with Crippen molar-refractivity contribution in [1.29, 1.82) is 0 Å². The molecule has 1 aromatic carbocycles. The van der Waals surface area contributed by atoms with E-state index in [1.807, 2.05) is 30.4 Å². The van der Waals surface area contributed by atoms with Crippen LogP contribution in [0.3, 0.4) is 0 Å². The summed E-state index contributed by atoms with van der Waals surface area (Å²) in [6.07, 6.45) is 3.87. The summed E-state index contributed by atoms with van der Waals surface area (Å²) < 4.78 is 6.11. The number of hydrogen-bond acceptors (Lipinski definition) is 2. The zero-order chi connectivity index (χ0) is 9.68. The van der Waals surface area contributed by atoms with E-state index in [-0.39, 0.29) is 0 Å². The molecule has 0 saturated carbocycles. The number of rotatable bonds is 3. The molecule has 0 aliphatic carbocycles. The van der Waals surface area contributed by atoms with Crippen LogP contribution in [0, 0.1) is 0 Å². The molecule has 13 heavy (non-hydrogen) atoms. The normalized spacial score (nSPS) is 10.7. The minimum absolute atomic E-state index is 0.554. The molecule has 1 aromatic rings. The first-order valence-electron chi connectivity index (χ1n) is 3.98. The maximum Gasteiger partial charge on any atom is 0.133 e. The van der Waals surface area contributed by atoms with Gasteiger partial charge < -0.3 is 10.5 Å². The summed E-state index contributed by atoms with van der Waals surface area (Å²) >= 11 is 3.38. The van der Waals surface area contributed by atoms with E-state index in [1.165, 1.54) is 0 Å². The summed E-state index contributed by atoms with van der Waals surface area (Å²) in [4.78, 5) is 0. The molecule has 0 saturated heterocycles. The van der Waals surface area contributed by atoms with Crippen molar-refractivity contribution in [2.45, 2.75) is 0 Å². The molecule has 0 bridgehead atoms. The Morgan fingerprint density at radius 3 is 2.92 bits per heavy atom. The van der Waals surface area contributed by atoms with Crippen LogP contribution < -0.4 is 10.5 Å².